The highest BCUT2D eigenvalue weighted by Gasteiger charge is 2.20. The minimum atomic E-state index is 0. The average molecular weight is 342 g/mol. The largest absolute Gasteiger partial charge is 0.356 e. The molecule has 0 saturated carbocycles. The lowest BCUT2D eigenvalue weighted by molar-refractivity contribution is -0.121. The number of rotatable bonds is 8. The molecular weight excluding hydrogens is 309 g/mol. The van der Waals surface area contributed by atoms with Gasteiger partial charge in [-0.15, -0.1) is 24.8 Å². The number of hydrogen-bond acceptors (Lipinski definition) is 3. The van der Waals surface area contributed by atoms with E-state index in [-0.39, 0.29) is 30.7 Å². The number of piperidine rings is 1. The van der Waals surface area contributed by atoms with Crippen LogP contribution in [0, 0.1) is 11.8 Å². The van der Waals surface area contributed by atoms with Gasteiger partial charge < -0.3 is 16.0 Å². The molecule has 21 heavy (non-hydrogen) atoms. The highest BCUT2D eigenvalue weighted by molar-refractivity contribution is 5.85. The lowest BCUT2D eigenvalue weighted by Crippen LogP contribution is -2.39. The number of nitrogens with two attached hydrogens (primary N) is 1. The minimum absolute atomic E-state index is 0. The van der Waals surface area contributed by atoms with Crippen LogP contribution in [0.1, 0.15) is 46.0 Å². The van der Waals surface area contributed by atoms with Crippen molar-refractivity contribution in [3.05, 3.63) is 0 Å². The minimum Gasteiger partial charge on any atom is -0.356 e. The average Bonchev–Trinajstić information content (AvgIpc) is 2.34. The molecule has 1 aliphatic heterocycles. The monoisotopic (exact) mass is 341 g/mol. The van der Waals surface area contributed by atoms with Crippen LogP contribution < -0.4 is 11.1 Å². The Morgan fingerprint density at radius 2 is 1.76 bits per heavy atom. The number of nitrogens with one attached hydrogen (secondary N) is 1. The second-order valence-corrected chi connectivity index (χ2v) is 6.15. The van der Waals surface area contributed by atoms with Crippen LogP contribution in [0.2, 0.25) is 0 Å². The summed E-state index contributed by atoms with van der Waals surface area (Å²) >= 11 is 0. The zero-order chi connectivity index (χ0) is 14.1. The van der Waals surface area contributed by atoms with E-state index in [9.17, 15) is 4.79 Å². The number of nitrogens with zero attached hydrogens (tertiary/aromatic N) is 1. The summed E-state index contributed by atoms with van der Waals surface area (Å²) in [5.74, 6) is 1.81. The van der Waals surface area contributed by atoms with Crippen molar-refractivity contribution in [2.75, 3.05) is 32.7 Å². The van der Waals surface area contributed by atoms with Crippen molar-refractivity contribution in [3.63, 3.8) is 0 Å². The van der Waals surface area contributed by atoms with Gasteiger partial charge in [-0.3, -0.25) is 4.79 Å². The first-order valence-corrected chi connectivity index (χ1v) is 7.81. The van der Waals surface area contributed by atoms with Crippen molar-refractivity contribution in [2.45, 2.75) is 46.0 Å². The van der Waals surface area contributed by atoms with Gasteiger partial charge in [0.15, 0.2) is 0 Å². The molecule has 0 aromatic carbocycles. The summed E-state index contributed by atoms with van der Waals surface area (Å²) in [5.41, 5.74) is 5.37. The summed E-state index contributed by atoms with van der Waals surface area (Å²) in [6.45, 7) is 9.76. The van der Waals surface area contributed by atoms with Gasteiger partial charge in [0.25, 0.3) is 0 Å². The first kappa shape index (κ1) is 23.2. The maximum Gasteiger partial charge on any atom is 0.220 e. The molecule has 2 atom stereocenters. The van der Waals surface area contributed by atoms with E-state index in [0.29, 0.717) is 13.0 Å². The summed E-state index contributed by atoms with van der Waals surface area (Å²) in [6.07, 6.45) is 4.98. The SMILES string of the molecule is CC1CC(C)CN(CCCCNC(=O)CCCN)C1.Cl.Cl. The van der Waals surface area contributed by atoms with Gasteiger partial charge in [-0.1, -0.05) is 13.8 Å². The van der Waals surface area contributed by atoms with Gasteiger partial charge in [-0.05, 0) is 50.6 Å². The number of halogens is 2. The van der Waals surface area contributed by atoms with Crippen LogP contribution in [0.15, 0.2) is 0 Å². The molecule has 0 aliphatic carbocycles. The van der Waals surface area contributed by atoms with E-state index in [1.165, 1.54) is 32.5 Å². The molecule has 0 aromatic heterocycles. The van der Waals surface area contributed by atoms with Crippen molar-refractivity contribution >= 4 is 30.7 Å². The van der Waals surface area contributed by atoms with Crippen molar-refractivity contribution < 1.29 is 4.79 Å². The summed E-state index contributed by atoms with van der Waals surface area (Å²) in [7, 11) is 0. The van der Waals surface area contributed by atoms with Crippen LogP contribution in [-0.4, -0.2) is 43.5 Å². The maximum atomic E-state index is 11.4. The van der Waals surface area contributed by atoms with E-state index in [1.54, 1.807) is 0 Å². The van der Waals surface area contributed by atoms with Crippen molar-refractivity contribution in [2.24, 2.45) is 17.6 Å². The first-order valence-electron chi connectivity index (χ1n) is 7.81. The summed E-state index contributed by atoms with van der Waals surface area (Å²) in [6, 6.07) is 0. The first-order chi connectivity index (χ1) is 9.11. The fourth-order valence-corrected chi connectivity index (χ4v) is 3.01. The van der Waals surface area contributed by atoms with E-state index in [4.69, 9.17) is 5.73 Å². The number of amides is 1. The van der Waals surface area contributed by atoms with E-state index >= 15 is 0 Å². The Labute approximate surface area is 142 Å². The van der Waals surface area contributed by atoms with E-state index in [0.717, 1.165) is 31.2 Å². The van der Waals surface area contributed by atoms with Crippen LogP contribution in [0.5, 0.6) is 0 Å². The van der Waals surface area contributed by atoms with Crippen LogP contribution >= 0.6 is 24.8 Å². The molecule has 0 spiro atoms. The zero-order valence-electron chi connectivity index (χ0n) is 13.5. The molecule has 1 heterocycles. The van der Waals surface area contributed by atoms with E-state index in [1.807, 2.05) is 0 Å². The third kappa shape index (κ3) is 11.2. The maximum absolute atomic E-state index is 11.4. The number of hydrogen-bond donors (Lipinski definition) is 2. The Morgan fingerprint density at radius 1 is 1.14 bits per heavy atom. The Balaban J connectivity index is 0. The standard InChI is InChI=1S/C15H31N3O.2ClH/c1-13-10-14(2)12-18(11-13)9-4-3-8-17-15(19)6-5-7-16;;/h13-14H,3-12,16H2,1-2H3,(H,17,19);2*1H. The molecular formula is C15H33Cl2N3O. The molecule has 0 radical (unpaired) electrons. The summed E-state index contributed by atoms with van der Waals surface area (Å²) in [4.78, 5) is 14.0. The molecule has 4 nitrogen and oxygen atoms in total. The Bertz CT molecular complexity index is 257. The topological polar surface area (TPSA) is 58.4 Å². The molecule has 1 saturated heterocycles. The summed E-state index contributed by atoms with van der Waals surface area (Å²) in [5, 5.41) is 2.96. The molecule has 6 heteroatoms. The van der Waals surface area contributed by atoms with Gasteiger partial charge in [-0.25, -0.2) is 0 Å². The molecule has 0 bridgehead atoms. The third-order valence-corrected chi connectivity index (χ3v) is 3.78. The van der Waals surface area contributed by atoms with Crippen LogP contribution in [0.25, 0.3) is 0 Å². The number of carbonyl (C=O) groups excluding carboxylic acids is 1. The fraction of sp³-hybridized carbons (Fsp3) is 0.933. The molecule has 0 aromatic rings. The molecule has 3 N–H and O–H groups in total. The lowest BCUT2D eigenvalue weighted by atomic mass is 9.92. The number of unbranched alkanes of at least 4 members (excludes halogenated alkanes) is 1. The van der Waals surface area contributed by atoms with Gasteiger partial charge in [0, 0.05) is 26.1 Å². The second-order valence-electron chi connectivity index (χ2n) is 6.15. The van der Waals surface area contributed by atoms with Crippen molar-refractivity contribution in [1.29, 1.82) is 0 Å². The second kappa shape index (κ2) is 13.6. The van der Waals surface area contributed by atoms with Gasteiger partial charge in [0.2, 0.25) is 5.91 Å². The molecule has 1 amide bonds. The highest BCUT2D eigenvalue weighted by Crippen LogP contribution is 2.20. The zero-order valence-corrected chi connectivity index (χ0v) is 15.1. The Hall–Kier alpha value is -0.0300. The molecule has 1 fully saturated rings. The Morgan fingerprint density at radius 3 is 2.33 bits per heavy atom. The van der Waals surface area contributed by atoms with Gasteiger partial charge in [0.1, 0.15) is 0 Å². The summed E-state index contributed by atoms with van der Waals surface area (Å²) < 4.78 is 0. The third-order valence-electron chi connectivity index (χ3n) is 3.78. The van der Waals surface area contributed by atoms with Gasteiger partial charge >= 0.3 is 0 Å². The number of likely N-dealkylation sites (tertiary alicyclic amines) is 1. The van der Waals surface area contributed by atoms with E-state index in [2.05, 4.69) is 24.1 Å². The van der Waals surface area contributed by atoms with Gasteiger partial charge in [0.05, 0.1) is 0 Å². The van der Waals surface area contributed by atoms with Crippen LogP contribution in [-0.2, 0) is 4.79 Å². The fourth-order valence-electron chi connectivity index (χ4n) is 3.01. The molecule has 2 unspecified atom stereocenters. The molecule has 1 rings (SSSR count). The van der Waals surface area contributed by atoms with Crippen LogP contribution in [0.4, 0.5) is 0 Å². The predicted molar refractivity (Wildman–Crippen MR) is 94.4 cm³/mol. The van der Waals surface area contributed by atoms with E-state index < -0.39 is 0 Å². The lowest BCUT2D eigenvalue weighted by Gasteiger charge is -2.34. The Kier molecular flexibility index (Phi) is 15.1. The van der Waals surface area contributed by atoms with Crippen molar-refractivity contribution in [1.82, 2.24) is 10.2 Å². The quantitative estimate of drug-likeness (QED) is 0.666. The smallest absolute Gasteiger partial charge is 0.220 e. The van der Waals surface area contributed by atoms with Crippen molar-refractivity contribution in [3.8, 4) is 0 Å². The van der Waals surface area contributed by atoms with Crippen LogP contribution in [0.3, 0.4) is 0 Å². The normalized spacial score (nSPS) is 22.0. The molecule has 1 aliphatic rings. The number of carbonyl (C=O) groups is 1. The van der Waals surface area contributed by atoms with Gasteiger partial charge in [-0.2, -0.15) is 0 Å². The predicted octanol–water partition coefficient (Wildman–Crippen LogP) is 2.44. The highest BCUT2D eigenvalue weighted by atomic mass is 35.5. The molecule has 128 valence electrons.